The highest BCUT2D eigenvalue weighted by Crippen LogP contribution is 2.29. The van der Waals surface area contributed by atoms with Crippen LogP contribution < -0.4 is 19.5 Å². The Morgan fingerprint density at radius 2 is 1.97 bits per heavy atom. The molecule has 0 spiro atoms. The fraction of sp³-hybridized carbons (Fsp3) is 0.273. The maximum Gasteiger partial charge on any atom is 0.322 e. The maximum absolute atomic E-state index is 12.7. The van der Waals surface area contributed by atoms with E-state index in [0.29, 0.717) is 36.2 Å². The van der Waals surface area contributed by atoms with E-state index >= 15 is 0 Å². The lowest BCUT2D eigenvalue weighted by atomic mass is 10.2. The van der Waals surface area contributed by atoms with E-state index in [1.165, 1.54) is 0 Å². The predicted molar refractivity (Wildman–Crippen MR) is 111 cm³/mol. The third-order valence-electron chi connectivity index (χ3n) is 4.94. The number of hydrogen-bond donors (Lipinski definition) is 1. The topological polar surface area (TPSA) is 72.9 Å². The first-order chi connectivity index (χ1) is 14.2. The van der Waals surface area contributed by atoms with Crippen LogP contribution in [0.25, 0.3) is 10.9 Å². The van der Waals surface area contributed by atoms with E-state index in [9.17, 15) is 4.79 Å². The molecule has 4 rings (SSSR count). The molecular weight excluding hydrogens is 370 g/mol. The van der Waals surface area contributed by atoms with E-state index in [1.807, 2.05) is 36.4 Å². The summed E-state index contributed by atoms with van der Waals surface area (Å²) >= 11 is 0. The Balaban J connectivity index is 1.38. The molecule has 1 N–H and O–H groups in total. The predicted octanol–water partition coefficient (Wildman–Crippen LogP) is 3.94. The lowest BCUT2D eigenvalue weighted by Gasteiger charge is -2.19. The van der Waals surface area contributed by atoms with Crippen LogP contribution in [-0.2, 0) is 0 Å². The number of likely N-dealkylation sites (tertiary alicyclic amines) is 1. The van der Waals surface area contributed by atoms with E-state index in [-0.39, 0.29) is 12.1 Å². The summed E-state index contributed by atoms with van der Waals surface area (Å²) in [5, 5.41) is 3.97. The molecule has 1 saturated heterocycles. The first-order valence-electron chi connectivity index (χ1n) is 9.46. The SMILES string of the molecule is COc1ccc(NC(=O)N2CCC(Oc3ccc4ccccc4n3)C2)c(OC)c1. The molecule has 7 heteroatoms. The number of para-hydroxylation sites is 1. The first kappa shape index (κ1) is 18.9. The number of hydrogen-bond acceptors (Lipinski definition) is 5. The third kappa shape index (κ3) is 4.18. The number of methoxy groups -OCH3 is 2. The van der Waals surface area contributed by atoms with Crippen LogP contribution in [0.3, 0.4) is 0 Å². The summed E-state index contributed by atoms with van der Waals surface area (Å²) in [6, 6.07) is 16.9. The number of nitrogens with one attached hydrogen (secondary N) is 1. The second-order valence-corrected chi connectivity index (χ2v) is 6.81. The molecule has 2 amide bonds. The van der Waals surface area contributed by atoms with Gasteiger partial charge < -0.3 is 24.4 Å². The van der Waals surface area contributed by atoms with E-state index in [2.05, 4.69) is 10.3 Å². The van der Waals surface area contributed by atoms with Gasteiger partial charge in [0.2, 0.25) is 5.88 Å². The number of pyridine rings is 1. The lowest BCUT2D eigenvalue weighted by molar-refractivity contribution is 0.190. The monoisotopic (exact) mass is 393 g/mol. The molecule has 0 radical (unpaired) electrons. The molecule has 29 heavy (non-hydrogen) atoms. The number of ether oxygens (including phenoxy) is 3. The highest BCUT2D eigenvalue weighted by molar-refractivity contribution is 5.91. The second-order valence-electron chi connectivity index (χ2n) is 6.81. The van der Waals surface area contributed by atoms with Gasteiger partial charge >= 0.3 is 6.03 Å². The van der Waals surface area contributed by atoms with Crippen molar-refractivity contribution < 1.29 is 19.0 Å². The van der Waals surface area contributed by atoms with Gasteiger partial charge in [-0.15, -0.1) is 0 Å². The van der Waals surface area contributed by atoms with Crippen molar-refractivity contribution in [2.24, 2.45) is 0 Å². The molecule has 150 valence electrons. The van der Waals surface area contributed by atoms with Crippen LogP contribution >= 0.6 is 0 Å². The van der Waals surface area contributed by atoms with Crippen LogP contribution in [0.4, 0.5) is 10.5 Å². The van der Waals surface area contributed by atoms with Crippen LogP contribution in [0.1, 0.15) is 6.42 Å². The van der Waals surface area contributed by atoms with Crippen molar-refractivity contribution in [2.75, 3.05) is 32.6 Å². The van der Waals surface area contributed by atoms with Gasteiger partial charge in [-0.25, -0.2) is 9.78 Å². The zero-order valence-corrected chi connectivity index (χ0v) is 16.4. The molecule has 0 saturated carbocycles. The molecule has 0 bridgehead atoms. The summed E-state index contributed by atoms with van der Waals surface area (Å²) in [4.78, 5) is 18.9. The van der Waals surface area contributed by atoms with Crippen LogP contribution in [0, 0.1) is 0 Å². The van der Waals surface area contributed by atoms with E-state index in [1.54, 1.807) is 37.3 Å². The summed E-state index contributed by atoms with van der Waals surface area (Å²) < 4.78 is 16.5. The Morgan fingerprint density at radius 1 is 1.10 bits per heavy atom. The van der Waals surface area contributed by atoms with Gasteiger partial charge in [0.15, 0.2) is 0 Å². The van der Waals surface area contributed by atoms with E-state index in [0.717, 1.165) is 17.3 Å². The van der Waals surface area contributed by atoms with Gasteiger partial charge in [-0.1, -0.05) is 18.2 Å². The zero-order chi connectivity index (χ0) is 20.2. The molecule has 0 aliphatic carbocycles. The van der Waals surface area contributed by atoms with Gasteiger partial charge in [0.05, 0.1) is 32.0 Å². The Labute approximate surface area is 169 Å². The van der Waals surface area contributed by atoms with E-state index in [4.69, 9.17) is 14.2 Å². The van der Waals surface area contributed by atoms with Crippen molar-refractivity contribution in [3.63, 3.8) is 0 Å². The number of urea groups is 1. The van der Waals surface area contributed by atoms with Gasteiger partial charge in [-0.2, -0.15) is 0 Å². The van der Waals surface area contributed by atoms with Crippen molar-refractivity contribution in [1.82, 2.24) is 9.88 Å². The van der Waals surface area contributed by atoms with Gasteiger partial charge in [0, 0.05) is 30.5 Å². The van der Waals surface area contributed by atoms with Crippen molar-refractivity contribution in [1.29, 1.82) is 0 Å². The smallest absolute Gasteiger partial charge is 0.322 e. The molecule has 1 aliphatic rings. The van der Waals surface area contributed by atoms with Crippen molar-refractivity contribution >= 4 is 22.6 Å². The number of aromatic nitrogens is 1. The Bertz CT molecular complexity index is 1020. The molecule has 7 nitrogen and oxygen atoms in total. The van der Waals surface area contributed by atoms with Gasteiger partial charge in [-0.3, -0.25) is 0 Å². The minimum absolute atomic E-state index is 0.0906. The number of benzene rings is 2. The van der Waals surface area contributed by atoms with Crippen LogP contribution in [0.5, 0.6) is 17.4 Å². The van der Waals surface area contributed by atoms with Gasteiger partial charge in [0.1, 0.15) is 17.6 Å². The van der Waals surface area contributed by atoms with Crippen LogP contribution in [-0.4, -0.2) is 49.3 Å². The normalized spacial score (nSPS) is 15.9. The summed E-state index contributed by atoms with van der Waals surface area (Å²) in [5.74, 6) is 1.79. The molecule has 3 aromatic rings. The van der Waals surface area contributed by atoms with Crippen molar-refractivity contribution in [2.45, 2.75) is 12.5 Å². The minimum Gasteiger partial charge on any atom is -0.497 e. The number of anilines is 1. The quantitative estimate of drug-likeness (QED) is 0.711. The third-order valence-corrected chi connectivity index (χ3v) is 4.94. The molecule has 1 aromatic heterocycles. The number of fused-ring (bicyclic) bond motifs is 1. The lowest BCUT2D eigenvalue weighted by Crippen LogP contribution is -2.34. The standard InChI is InChI=1S/C22H23N3O4/c1-27-16-8-9-19(20(13-16)28-2)24-22(26)25-12-11-17(14-25)29-21-10-7-15-5-3-4-6-18(15)23-21/h3-10,13,17H,11-12,14H2,1-2H3,(H,24,26). The van der Waals surface area contributed by atoms with Crippen LogP contribution in [0.2, 0.25) is 0 Å². The fourth-order valence-electron chi connectivity index (χ4n) is 3.39. The van der Waals surface area contributed by atoms with E-state index < -0.39 is 0 Å². The molecule has 2 heterocycles. The molecule has 1 fully saturated rings. The minimum atomic E-state index is -0.189. The van der Waals surface area contributed by atoms with Crippen molar-refractivity contribution in [3.8, 4) is 17.4 Å². The molecule has 1 aliphatic heterocycles. The Hall–Kier alpha value is -3.48. The van der Waals surface area contributed by atoms with Crippen molar-refractivity contribution in [3.05, 3.63) is 54.6 Å². The molecule has 2 aromatic carbocycles. The van der Waals surface area contributed by atoms with Crippen LogP contribution in [0.15, 0.2) is 54.6 Å². The second kappa shape index (κ2) is 8.26. The molecule has 1 atom stereocenters. The highest BCUT2D eigenvalue weighted by atomic mass is 16.5. The van der Waals surface area contributed by atoms with Gasteiger partial charge in [0.25, 0.3) is 0 Å². The summed E-state index contributed by atoms with van der Waals surface area (Å²) in [6.07, 6.45) is 0.661. The number of amides is 2. The van der Waals surface area contributed by atoms with Gasteiger partial charge in [-0.05, 0) is 24.3 Å². The zero-order valence-electron chi connectivity index (χ0n) is 16.4. The molecule has 1 unspecified atom stereocenters. The average Bonchev–Trinajstić information content (AvgIpc) is 3.22. The maximum atomic E-state index is 12.7. The number of nitrogens with zero attached hydrogens (tertiary/aromatic N) is 2. The molecular formula is C22H23N3O4. The summed E-state index contributed by atoms with van der Waals surface area (Å²) in [7, 11) is 3.14. The summed E-state index contributed by atoms with van der Waals surface area (Å²) in [6.45, 7) is 1.11. The number of rotatable bonds is 5. The number of carbonyl (C=O) groups excluding carboxylic acids is 1. The highest BCUT2D eigenvalue weighted by Gasteiger charge is 2.28. The Morgan fingerprint density at radius 3 is 2.79 bits per heavy atom. The fourth-order valence-corrected chi connectivity index (χ4v) is 3.39. The number of carbonyl (C=O) groups is 1. The Kier molecular flexibility index (Phi) is 5.37. The summed E-state index contributed by atoms with van der Waals surface area (Å²) in [5.41, 5.74) is 1.49. The first-order valence-corrected chi connectivity index (χ1v) is 9.46. The average molecular weight is 393 g/mol. The largest absolute Gasteiger partial charge is 0.497 e.